The van der Waals surface area contributed by atoms with Gasteiger partial charge in [-0.3, -0.25) is 10.1 Å². The van der Waals surface area contributed by atoms with Gasteiger partial charge < -0.3 is 14.2 Å². The van der Waals surface area contributed by atoms with E-state index < -0.39 is 0 Å². The number of benzene rings is 1. The van der Waals surface area contributed by atoms with E-state index in [1.807, 2.05) is 17.5 Å². The molecule has 0 aliphatic heterocycles. The van der Waals surface area contributed by atoms with Gasteiger partial charge in [-0.05, 0) is 40.2 Å². The first-order chi connectivity index (χ1) is 12.5. The lowest BCUT2D eigenvalue weighted by molar-refractivity contribution is 0.102. The van der Waals surface area contributed by atoms with Gasteiger partial charge in [0.25, 0.3) is 5.91 Å². The number of carbonyl (C=O) groups is 1. The normalized spacial score (nSPS) is 10.5. The topological polar surface area (TPSA) is 69.7 Å². The van der Waals surface area contributed by atoms with Crippen molar-refractivity contribution < 1.29 is 19.0 Å². The fraction of sp³-hybridized carbons (Fsp3) is 0.176. The highest BCUT2D eigenvalue weighted by atomic mass is 79.9. The summed E-state index contributed by atoms with van der Waals surface area (Å²) in [5.41, 5.74) is 1.21. The summed E-state index contributed by atoms with van der Waals surface area (Å²) in [6.07, 6.45) is 0. The molecular weight excluding hydrogens is 440 g/mol. The highest BCUT2D eigenvalue weighted by Crippen LogP contribution is 2.38. The standard InChI is InChI=1S/C17H15BrN2O4S2/c1-22-11-6-9(7-12(23-2)15(11)24-3)16(21)20-17-19-10(8-25-17)13-4-5-14(18)26-13/h4-8H,1-3H3,(H,19,20,21). The van der Waals surface area contributed by atoms with Crippen LogP contribution in [0.4, 0.5) is 5.13 Å². The third-order valence-corrected chi connectivity index (χ3v) is 5.88. The van der Waals surface area contributed by atoms with Crippen LogP contribution in [0.5, 0.6) is 17.2 Å². The van der Waals surface area contributed by atoms with Crippen molar-refractivity contribution in [3.05, 3.63) is 39.0 Å². The van der Waals surface area contributed by atoms with Crippen LogP contribution >= 0.6 is 38.6 Å². The molecule has 9 heteroatoms. The summed E-state index contributed by atoms with van der Waals surface area (Å²) < 4.78 is 16.9. The lowest BCUT2D eigenvalue weighted by Crippen LogP contribution is -2.12. The second-order valence-electron chi connectivity index (χ2n) is 5.01. The molecule has 0 radical (unpaired) electrons. The molecule has 26 heavy (non-hydrogen) atoms. The molecule has 0 spiro atoms. The van der Waals surface area contributed by atoms with E-state index >= 15 is 0 Å². The quantitative estimate of drug-likeness (QED) is 0.572. The molecule has 0 saturated carbocycles. The number of thiophene rings is 1. The molecular formula is C17H15BrN2O4S2. The lowest BCUT2D eigenvalue weighted by Gasteiger charge is -2.13. The van der Waals surface area contributed by atoms with Crippen LogP contribution in [0.3, 0.4) is 0 Å². The molecule has 2 aromatic heterocycles. The summed E-state index contributed by atoms with van der Waals surface area (Å²) in [4.78, 5) is 18.1. The molecule has 2 heterocycles. The maximum atomic E-state index is 12.6. The molecule has 0 aliphatic rings. The fourth-order valence-corrected chi connectivity index (χ4v) is 4.40. The zero-order valence-corrected chi connectivity index (χ0v) is 17.4. The predicted octanol–water partition coefficient (Wildman–Crippen LogP) is 4.91. The largest absolute Gasteiger partial charge is 0.493 e. The molecule has 6 nitrogen and oxygen atoms in total. The number of aromatic nitrogens is 1. The van der Waals surface area contributed by atoms with Crippen LogP contribution in [0, 0.1) is 0 Å². The third kappa shape index (κ3) is 3.84. The van der Waals surface area contributed by atoms with Crippen molar-refractivity contribution in [3.63, 3.8) is 0 Å². The van der Waals surface area contributed by atoms with Crippen LogP contribution in [0.1, 0.15) is 10.4 Å². The molecule has 3 aromatic rings. The monoisotopic (exact) mass is 454 g/mol. The highest BCUT2D eigenvalue weighted by Gasteiger charge is 2.18. The van der Waals surface area contributed by atoms with Crippen LogP contribution in [0.25, 0.3) is 10.6 Å². The van der Waals surface area contributed by atoms with Crippen LogP contribution in [-0.4, -0.2) is 32.2 Å². The predicted molar refractivity (Wildman–Crippen MR) is 107 cm³/mol. The second kappa shape index (κ2) is 8.07. The van der Waals surface area contributed by atoms with E-state index in [4.69, 9.17) is 14.2 Å². The van der Waals surface area contributed by atoms with Gasteiger partial charge in [0.2, 0.25) is 5.75 Å². The molecule has 0 atom stereocenters. The Kier molecular flexibility index (Phi) is 5.80. The van der Waals surface area contributed by atoms with Crippen molar-refractivity contribution >= 4 is 49.6 Å². The average molecular weight is 455 g/mol. The first-order valence-corrected chi connectivity index (χ1v) is 9.87. The summed E-state index contributed by atoms with van der Waals surface area (Å²) in [6.45, 7) is 0. The highest BCUT2D eigenvalue weighted by molar-refractivity contribution is 9.11. The minimum Gasteiger partial charge on any atom is -0.493 e. The van der Waals surface area contributed by atoms with Gasteiger partial charge in [0.05, 0.1) is 35.7 Å². The Morgan fingerprint density at radius 1 is 1.12 bits per heavy atom. The molecule has 0 unspecified atom stereocenters. The van der Waals surface area contributed by atoms with E-state index in [1.54, 1.807) is 23.5 Å². The number of ether oxygens (including phenoxy) is 3. The zero-order valence-electron chi connectivity index (χ0n) is 14.2. The summed E-state index contributed by atoms with van der Waals surface area (Å²) in [5.74, 6) is 0.962. The Hall–Kier alpha value is -2.10. The van der Waals surface area contributed by atoms with Gasteiger partial charge in [-0.1, -0.05) is 0 Å². The number of amides is 1. The SMILES string of the molecule is COc1cc(C(=O)Nc2nc(-c3ccc(Br)s3)cs2)cc(OC)c1OC. The smallest absolute Gasteiger partial charge is 0.257 e. The third-order valence-electron chi connectivity index (χ3n) is 3.48. The number of nitrogens with one attached hydrogen (secondary N) is 1. The molecule has 136 valence electrons. The average Bonchev–Trinajstić information content (AvgIpc) is 3.29. The number of methoxy groups -OCH3 is 3. The summed E-state index contributed by atoms with van der Waals surface area (Å²) >= 11 is 6.39. The van der Waals surface area contributed by atoms with Crippen molar-refractivity contribution in [2.24, 2.45) is 0 Å². The van der Waals surface area contributed by atoms with Gasteiger partial charge in [0, 0.05) is 10.9 Å². The Morgan fingerprint density at radius 2 is 1.81 bits per heavy atom. The van der Waals surface area contributed by atoms with E-state index in [0.717, 1.165) is 14.4 Å². The van der Waals surface area contributed by atoms with Gasteiger partial charge in [-0.2, -0.15) is 0 Å². The van der Waals surface area contributed by atoms with Gasteiger partial charge in [-0.25, -0.2) is 4.98 Å². The Balaban J connectivity index is 1.83. The maximum absolute atomic E-state index is 12.6. The first-order valence-electron chi connectivity index (χ1n) is 7.38. The van der Waals surface area contributed by atoms with Crippen molar-refractivity contribution in [3.8, 4) is 27.8 Å². The van der Waals surface area contributed by atoms with E-state index in [2.05, 4.69) is 26.2 Å². The van der Waals surface area contributed by atoms with E-state index in [-0.39, 0.29) is 5.91 Å². The minimum atomic E-state index is -0.308. The maximum Gasteiger partial charge on any atom is 0.257 e. The summed E-state index contributed by atoms with van der Waals surface area (Å²) in [6, 6.07) is 7.14. The molecule has 1 N–H and O–H groups in total. The molecule has 0 fully saturated rings. The number of rotatable bonds is 6. The number of nitrogens with zero attached hydrogens (tertiary/aromatic N) is 1. The molecule has 0 aliphatic carbocycles. The van der Waals surface area contributed by atoms with E-state index in [1.165, 1.54) is 32.7 Å². The Labute approximate surface area is 166 Å². The number of thiazole rings is 1. The molecule has 1 amide bonds. The van der Waals surface area contributed by atoms with Gasteiger partial charge in [0.1, 0.15) is 0 Å². The molecule has 0 bridgehead atoms. The summed E-state index contributed by atoms with van der Waals surface area (Å²) in [5, 5.41) is 5.23. The second-order valence-corrected chi connectivity index (χ2v) is 8.33. The minimum absolute atomic E-state index is 0.308. The van der Waals surface area contributed by atoms with Crippen molar-refractivity contribution in [2.45, 2.75) is 0 Å². The van der Waals surface area contributed by atoms with Gasteiger partial charge >= 0.3 is 0 Å². The lowest BCUT2D eigenvalue weighted by atomic mass is 10.1. The number of halogens is 1. The van der Waals surface area contributed by atoms with Crippen molar-refractivity contribution in [1.82, 2.24) is 4.98 Å². The van der Waals surface area contributed by atoms with Gasteiger partial charge in [0.15, 0.2) is 16.6 Å². The van der Waals surface area contributed by atoms with E-state index in [0.29, 0.717) is 27.9 Å². The molecule has 1 aromatic carbocycles. The van der Waals surface area contributed by atoms with E-state index in [9.17, 15) is 4.79 Å². The van der Waals surface area contributed by atoms with Crippen LogP contribution in [0.15, 0.2) is 33.4 Å². The first kappa shape index (κ1) is 18.7. The molecule has 3 rings (SSSR count). The molecule has 0 saturated heterocycles. The van der Waals surface area contributed by atoms with Gasteiger partial charge in [-0.15, -0.1) is 22.7 Å². The summed E-state index contributed by atoms with van der Waals surface area (Å²) in [7, 11) is 4.52. The fourth-order valence-electron chi connectivity index (χ4n) is 2.28. The van der Waals surface area contributed by atoms with Crippen LogP contribution < -0.4 is 19.5 Å². The van der Waals surface area contributed by atoms with Crippen molar-refractivity contribution in [2.75, 3.05) is 26.6 Å². The number of hydrogen-bond donors (Lipinski definition) is 1. The Bertz CT molecular complexity index is 913. The number of hydrogen-bond acceptors (Lipinski definition) is 7. The number of carbonyl (C=O) groups excluding carboxylic acids is 1. The van der Waals surface area contributed by atoms with Crippen LogP contribution in [-0.2, 0) is 0 Å². The Morgan fingerprint density at radius 3 is 2.35 bits per heavy atom. The van der Waals surface area contributed by atoms with Crippen LogP contribution in [0.2, 0.25) is 0 Å². The number of anilines is 1. The van der Waals surface area contributed by atoms with Crippen molar-refractivity contribution in [1.29, 1.82) is 0 Å². The zero-order chi connectivity index (χ0) is 18.7.